The first-order chi connectivity index (χ1) is 11.7. The molecule has 6 nitrogen and oxygen atoms in total. The van der Waals surface area contributed by atoms with E-state index < -0.39 is 10.0 Å². The standard InChI is InChI=1S/C18H32N4O2S.HI/c1-6-19-18(20-11-12-21-25(5,23)24)22-15(4)17-9-7-16(8-10-17)13-14(2)3;/h7-10,14-15,21H,6,11-13H2,1-5H3,(H2,19,20,22);1H. The van der Waals surface area contributed by atoms with E-state index in [1.165, 1.54) is 11.1 Å². The van der Waals surface area contributed by atoms with E-state index in [4.69, 9.17) is 0 Å². The number of nitrogens with one attached hydrogen (secondary N) is 3. The van der Waals surface area contributed by atoms with Crippen molar-refractivity contribution in [2.45, 2.75) is 40.2 Å². The Morgan fingerprint density at radius 1 is 1.15 bits per heavy atom. The van der Waals surface area contributed by atoms with Gasteiger partial charge in [-0.15, -0.1) is 24.0 Å². The molecule has 1 unspecified atom stereocenters. The fourth-order valence-corrected chi connectivity index (χ4v) is 2.88. The SMILES string of the molecule is CCNC(=NCCNS(C)(=O)=O)NC(C)c1ccc(CC(C)C)cc1.I. The van der Waals surface area contributed by atoms with Gasteiger partial charge in [0.05, 0.1) is 18.8 Å². The minimum atomic E-state index is -3.17. The van der Waals surface area contributed by atoms with Crippen LogP contribution < -0.4 is 15.4 Å². The molecule has 0 bridgehead atoms. The number of aliphatic imine (C=N–C) groups is 1. The molecule has 0 spiro atoms. The van der Waals surface area contributed by atoms with E-state index in [0.717, 1.165) is 19.2 Å². The second-order valence-corrected chi connectivity index (χ2v) is 8.47. The van der Waals surface area contributed by atoms with Crippen LogP contribution in [0.1, 0.15) is 44.9 Å². The Balaban J connectivity index is 0.00000625. The predicted molar refractivity (Wildman–Crippen MR) is 121 cm³/mol. The summed E-state index contributed by atoms with van der Waals surface area (Å²) in [7, 11) is -3.17. The summed E-state index contributed by atoms with van der Waals surface area (Å²) < 4.78 is 24.6. The van der Waals surface area contributed by atoms with Crippen LogP contribution >= 0.6 is 24.0 Å². The van der Waals surface area contributed by atoms with E-state index in [0.29, 0.717) is 18.4 Å². The molecule has 1 rings (SSSR count). The van der Waals surface area contributed by atoms with Crippen molar-refractivity contribution in [1.82, 2.24) is 15.4 Å². The molecule has 0 saturated carbocycles. The highest BCUT2D eigenvalue weighted by atomic mass is 127. The van der Waals surface area contributed by atoms with Crippen molar-refractivity contribution in [3.8, 4) is 0 Å². The molecule has 0 aliphatic rings. The highest BCUT2D eigenvalue weighted by molar-refractivity contribution is 14.0. The lowest BCUT2D eigenvalue weighted by atomic mass is 10.00. The molecule has 26 heavy (non-hydrogen) atoms. The zero-order valence-corrected chi connectivity index (χ0v) is 19.5. The van der Waals surface area contributed by atoms with Gasteiger partial charge in [0.25, 0.3) is 0 Å². The average molecular weight is 496 g/mol. The number of nitrogens with zero attached hydrogens (tertiary/aromatic N) is 1. The van der Waals surface area contributed by atoms with Gasteiger partial charge in [-0.25, -0.2) is 13.1 Å². The van der Waals surface area contributed by atoms with Crippen LogP contribution in [-0.2, 0) is 16.4 Å². The summed E-state index contributed by atoms with van der Waals surface area (Å²) in [5.74, 6) is 1.32. The first-order valence-electron chi connectivity index (χ1n) is 8.79. The Kier molecular flexibility index (Phi) is 12.1. The molecule has 150 valence electrons. The Labute approximate surface area is 175 Å². The van der Waals surface area contributed by atoms with E-state index in [9.17, 15) is 8.42 Å². The van der Waals surface area contributed by atoms with Gasteiger partial charge in [0.15, 0.2) is 5.96 Å². The maximum Gasteiger partial charge on any atom is 0.208 e. The van der Waals surface area contributed by atoms with Crippen molar-refractivity contribution in [3.63, 3.8) is 0 Å². The summed E-state index contributed by atoms with van der Waals surface area (Å²) in [6.45, 7) is 9.92. The lowest BCUT2D eigenvalue weighted by Crippen LogP contribution is -2.39. The van der Waals surface area contributed by atoms with Crippen LogP contribution in [0.4, 0.5) is 0 Å². The lowest BCUT2D eigenvalue weighted by Gasteiger charge is -2.18. The topological polar surface area (TPSA) is 82.6 Å². The Bertz CT molecular complexity index is 646. The summed E-state index contributed by atoms with van der Waals surface area (Å²) in [4.78, 5) is 4.41. The third-order valence-corrected chi connectivity index (χ3v) is 4.30. The van der Waals surface area contributed by atoms with E-state index in [2.05, 4.69) is 65.4 Å². The highest BCUT2D eigenvalue weighted by Gasteiger charge is 2.08. The van der Waals surface area contributed by atoms with Crippen LogP contribution in [0.3, 0.4) is 0 Å². The van der Waals surface area contributed by atoms with Crippen LogP contribution in [0.2, 0.25) is 0 Å². The Morgan fingerprint density at radius 2 is 1.77 bits per heavy atom. The van der Waals surface area contributed by atoms with Gasteiger partial charge in [0.1, 0.15) is 0 Å². The number of hydrogen-bond acceptors (Lipinski definition) is 3. The minimum Gasteiger partial charge on any atom is -0.357 e. The second-order valence-electron chi connectivity index (χ2n) is 6.63. The molecule has 0 fully saturated rings. The Morgan fingerprint density at radius 3 is 2.27 bits per heavy atom. The summed E-state index contributed by atoms with van der Waals surface area (Å²) in [5.41, 5.74) is 2.53. The maximum absolute atomic E-state index is 11.1. The van der Waals surface area contributed by atoms with Gasteiger partial charge >= 0.3 is 0 Å². The summed E-state index contributed by atoms with van der Waals surface area (Å²) in [6, 6.07) is 8.74. The van der Waals surface area contributed by atoms with E-state index in [1.54, 1.807) is 0 Å². The largest absolute Gasteiger partial charge is 0.357 e. The second kappa shape index (κ2) is 12.5. The molecular weight excluding hydrogens is 463 g/mol. The molecule has 0 aliphatic carbocycles. The first-order valence-corrected chi connectivity index (χ1v) is 10.7. The predicted octanol–water partition coefficient (Wildman–Crippen LogP) is 2.67. The number of halogens is 1. The molecule has 0 saturated heterocycles. The smallest absolute Gasteiger partial charge is 0.208 e. The number of hydrogen-bond donors (Lipinski definition) is 3. The summed E-state index contributed by atoms with van der Waals surface area (Å²) >= 11 is 0. The molecule has 1 aromatic carbocycles. The minimum absolute atomic E-state index is 0. The zero-order valence-electron chi connectivity index (χ0n) is 16.4. The van der Waals surface area contributed by atoms with Gasteiger partial charge in [-0.1, -0.05) is 38.1 Å². The quantitative estimate of drug-likeness (QED) is 0.213. The van der Waals surface area contributed by atoms with Crippen molar-refractivity contribution >= 4 is 40.0 Å². The molecule has 0 amide bonds. The molecule has 3 N–H and O–H groups in total. The highest BCUT2D eigenvalue weighted by Crippen LogP contribution is 2.15. The van der Waals surface area contributed by atoms with Gasteiger partial charge in [0.2, 0.25) is 10.0 Å². The molecule has 0 aliphatic heterocycles. The van der Waals surface area contributed by atoms with Gasteiger partial charge in [-0.3, -0.25) is 4.99 Å². The van der Waals surface area contributed by atoms with Crippen molar-refractivity contribution in [2.24, 2.45) is 10.9 Å². The fraction of sp³-hybridized carbons (Fsp3) is 0.611. The lowest BCUT2D eigenvalue weighted by molar-refractivity contribution is 0.588. The van der Waals surface area contributed by atoms with Gasteiger partial charge in [0, 0.05) is 13.1 Å². The van der Waals surface area contributed by atoms with Crippen molar-refractivity contribution in [1.29, 1.82) is 0 Å². The van der Waals surface area contributed by atoms with Crippen LogP contribution in [0.5, 0.6) is 0 Å². The molecule has 1 aromatic rings. The molecule has 1 atom stereocenters. The monoisotopic (exact) mass is 496 g/mol. The van der Waals surface area contributed by atoms with E-state index in [-0.39, 0.29) is 36.6 Å². The number of benzene rings is 1. The van der Waals surface area contributed by atoms with Crippen molar-refractivity contribution in [2.75, 3.05) is 25.9 Å². The van der Waals surface area contributed by atoms with Crippen LogP contribution in [0.15, 0.2) is 29.3 Å². The van der Waals surface area contributed by atoms with Crippen LogP contribution in [-0.4, -0.2) is 40.3 Å². The molecular formula is C18H33IN4O2S. The van der Waals surface area contributed by atoms with Gasteiger partial charge in [-0.05, 0) is 37.3 Å². The average Bonchev–Trinajstić information content (AvgIpc) is 2.50. The number of guanidine groups is 1. The van der Waals surface area contributed by atoms with Crippen LogP contribution in [0, 0.1) is 5.92 Å². The summed E-state index contributed by atoms with van der Waals surface area (Å²) in [6.07, 6.45) is 2.23. The van der Waals surface area contributed by atoms with Crippen molar-refractivity contribution in [3.05, 3.63) is 35.4 Å². The zero-order chi connectivity index (χ0) is 18.9. The normalized spacial score (nSPS) is 13.2. The number of rotatable bonds is 9. The van der Waals surface area contributed by atoms with E-state index in [1.807, 2.05) is 6.92 Å². The van der Waals surface area contributed by atoms with Gasteiger partial charge in [-0.2, -0.15) is 0 Å². The first kappa shape index (κ1) is 25.1. The third kappa shape index (κ3) is 11.0. The summed E-state index contributed by atoms with van der Waals surface area (Å²) in [5, 5.41) is 6.53. The Hall–Kier alpha value is -0.870. The fourth-order valence-electron chi connectivity index (χ4n) is 2.42. The van der Waals surface area contributed by atoms with Crippen molar-refractivity contribution < 1.29 is 8.42 Å². The molecule has 0 heterocycles. The van der Waals surface area contributed by atoms with Crippen LogP contribution in [0.25, 0.3) is 0 Å². The number of sulfonamides is 1. The van der Waals surface area contributed by atoms with Gasteiger partial charge < -0.3 is 10.6 Å². The van der Waals surface area contributed by atoms with E-state index >= 15 is 0 Å². The molecule has 0 aromatic heterocycles. The third-order valence-electron chi connectivity index (χ3n) is 3.57. The molecule has 0 radical (unpaired) electrons. The maximum atomic E-state index is 11.1. The molecule has 8 heteroatoms.